The minimum absolute atomic E-state index is 0.584. The molecule has 0 radical (unpaired) electrons. The third kappa shape index (κ3) is 4.00. The lowest BCUT2D eigenvalue weighted by Gasteiger charge is -2.19. The Morgan fingerprint density at radius 1 is 1.00 bits per heavy atom. The van der Waals surface area contributed by atoms with Crippen molar-refractivity contribution in [1.82, 2.24) is 0 Å². The van der Waals surface area contributed by atoms with E-state index in [4.69, 9.17) is 10.5 Å². The highest BCUT2D eigenvalue weighted by molar-refractivity contribution is 5.46. The average Bonchev–Trinajstić information content (AvgIpc) is 2.48. The maximum absolute atomic E-state index is 5.68. The van der Waals surface area contributed by atoms with E-state index in [2.05, 4.69) is 36.2 Å². The zero-order chi connectivity index (χ0) is 13.5. The summed E-state index contributed by atoms with van der Waals surface area (Å²) >= 11 is 0. The highest BCUT2D eigenvalue weighted by Crippen LogP contribution is 2.14. The van der Waals surface area contributed by atoms with Gasteiger partial charge in [0.05, 0.1) is 6.54 Å². The molecule has 0 spiro atoms. The lowest BCUT2D eigenvalue weighted by molar-refractivity contribution is 0.326. The van der Waals surface area contributed by atoms with Gasteiger partial charge in [-0.2, -0.15) is 0 Å². The first-order valence-corrected chi connectivity index (χ1v) is 6.47. The molecule has 2 aromatic rings. The Balaban J connectivity index is 1.82. The van der Waals surface area contributed by atoms with Crippen LogP contribution >= 0.6 is 0 Å². The number of anilines is 1. The summed E-state index contributed by atoms with van der Waals surface area (Å²) in [4.78, 5) is 2.17. The molecule has 0 aliphatic heterocycles. The predicted molar refractivity (Wildman–Crippen MR) is 79.5 cm³/mol. The number of nitrogens with two attached hydrogens (primary N) is 1. The highest BCUT2D eigenvalue weighted by atomic mass is 16.5. The molecule has 2 aromatic carbocycles. The van der Waals surface area contributed by atoms with Gasteiger partial charge in [-0.1, -0.05) is 30.3 Å². The van der Waals surface area contributed by atoms with Crippen molar-refractivity contribution in [3.8, 4) is 5.75 Å². The Bertz CT molecular complexity index is 482. The van der Waals surface area contributed by atoms with Crippen LogP contribution in [0.25, 0.3) is 0 Å². The first-order valence-electron chi connectivity index (χ1n) is 6.47. The van der Waals surface area contributed by atoms with Crippen molar-refractivity contribution in [2.45, 2.75) is 6.54 Å². The fraction of sp³-hybridized carbons (Fsp3) is 0.250. The molecule has 100 valence electrons. The third-order valence-electron chi connectivity index (χ3n) is 3.05. The van der Waals surface area contributed by atoms with Gasteiger partial charge in [0.1, 0.15) is 12.4 Å². The van der Waals surface area contributed by atoms with E-state index in [1.165, 1.54) is 5.69 Å². The summed E-state index contributed by atoms with van der Waals surface area (Å²) in [7, 11) is 2.06. The molecule has 0 saturated heterocycles. The van der Waals surface area contributed by atoms with Crippen LogP contribution in [-0.2, 0) is 6.54 Å². The van der Waals surface area contributed by atoms with Crippen LogP contribution in [0.1, 0.15) is 5.56 Å². The van der Waals surface area contributed by atoms with Gasteiger partial charge in [0.25, 0.3) is 0 Å². The van der Waals surface area contributed by atoms with E-state index in [1.807, 2.05) is 30.3 Å². The van der Waals surface area contributed by atoms with Crippen molar-refractivity contribution in [3.63, 3.8) is 0 Å². The second-order valence-corrected chi connectivity index (χ2v) is 4.45. The summed E-state index contributed by atoms with van der Waals surface area (Å²) < 4.78 is 5.68. The molecule has 0 amide bonds. The van der Waals surface area contributed by atoms with Gasteiger partial charge in [-0.05, 0) is 29.8 Å². The minimum atomic E-state index is 0.584. The Hall–Kier alpha value is -2.00. The molecule has 19 heavy (non-hydrogen) atoms. The Kier molecular flexibility index (Phi) is 4.81. The van der Waals surface area contributed by atoms with Crippen molar-refractivity contribution >= 4 is 5.69 Å². The van der Waals surface area contributed by atoms with Crippen LogP contribution in [0.3, 0.4) is 0 Å². The second kappa shape index (κ2) is 6.81. The van der Waals surface area contributed by atoms with Crippen molar-refractivity contribution in [2.24, 2.45) is 5.73 Å². The number of nitrogens with zero attached hydrogens (tertiary/aromatic N) is 1. The molecule has 0 aromatic heterocycles. The predicted octanol–water partition coefficient (Wildman–Crippen LogP) is 2.66. The normalized spacial score (nSPS) is 10.2. The Morgan fingerprint density at radius 3 is 2.32 bits per heavy atom. The summed E-state index contributed by atoms with van der Waals surface area (Å²) in [5.41, 5.74) is 7.91. The lowest BCUT2D eigenvalue weighted by Crippen LogP contribution is -2.23. The molecule has 0 heterocycles. The summed E-state index contributed by atoms with van der Waals surface area (Å²) in [6, 6.07) is 18.2. The fourth-order valence-corrected chi connectivity index (χ4v) is 1.83. The molecule has 2 N–H and O–H groups in total. The zero-order valence-corrected chi connectivity index (χ0v) is 11.3. The van der Waals surface area contributed by atoms with E-state index in [1.54, 1.807) is 0 Å². The zero-order valence-electron chi connectivity index (χ0n) is 11.3. The van der Waals surface area contributed by atoms with Gasteiger partial charge in [-0.25, -0.2) is 0 Å². The Morgan fingerprint density at radius 2 is 1.68 bits per heavy atom. The molecular weight excluding hydrogens is 236 g/mol. The topological polar surface area (TPSA) is 38.5 Å². The van der Waals surface area contributed by atoms with Crippen molar-refractivity contribution in [1.29, 1.82) is 0 Å². The molecule has 0 aliphatic carbocycles. The number of benzene rings is 2. The molecule has 0 unspecified atom stereocenters. The third-order valence-corrected chi connectivity index (χ3v) is 3.05. The summed E-state index contributed by atoms with van der Waals surface area (Å²) in [5, 5.41) is 0. The van der Waals surface area contributed by atoms with Crippen LogP contribution in [0, 0.1) is 0 Å². The van der Waals surface area contributed by atoms with E-state index in [0.29, 0.717) is 13.2 Å². The van der Waals surface area contributed by atoms with E-state index in [0.717, 1.165) is 17.9 Å². The number of hydrogen-bond donors (Lipinski definition) is 1. The molecule has 0 aliphatic rings. The van der Waals surface area contributed by atoms with Gasteiger partial charge < -0.3 is 15.4 Å². The molecule has 0 saturated carbocycles. The first kappa shape index (κ1) is 13.4. The highest BCUT2D eigenvalue weighted by Gasteiger charge is 2.01. The number of likely N-dealkylation sites (N-methyl/N-ethyl adjacent to an activating group) is 1. The van der Waals surface area contributed by atoms with E-state index in [9.17, 15) is 0 Å². The molecule has 0 atom stereocenters. The molecule has 3 nitrogen and oxygen atoms in total. The lowest BCUT2D eigenvalue weighted by atomic mass is 10.2. The van der Waals surface area contributed by atoms with Crippen molar-refractivity contribution < 1.29 is 4.74 Å². The van der Waals surface area contributed by atoms with E-state index < -0.39 is 0 Å². The second-order valence-electron chi connectivity index (χ2n) is 4.45. The fourth-order valence-electron chi connectivity index (χ4n) is 1.83. The van der Waals surface area contributed by atoms with Crippen LogP contribution in [0.4, 0.5) is 5.69 Å². The van der Waals surface area contributed by atoms with Crippen LogP contribution in [0.5, 0.6) is 5.75 Å². The number of hydrogen-bond acceptors (Lipinski definition) is 3. The maximum Gasteiger partial charge on any atom is 0.119 e. The van der Waals surface area contributed by atoms with Gasteiger partial charge >= 0.3 is 0 Å². The smallest absolute Gasteiger partial charge is 0.119 e. The van der Waals surface area contributed by atoms with Gasteiger partial charge in [-0.15, -0.1) is 0 Å². The molecule has 0 bridgehead atoms. The number of para-hydroxylation sites is 1. The number of ether oxygens (including phenoxy) is 1. The standard InChI is InChI=1S/C16H20N2O/c1-18(15-9-7-14(13-17)8-10-15)11-12-19-16-5-3-2-4-6-16/h2-10H,11-13,17H2,1H3. The molecule has 3 heteroatoms. The maximum atomic E-state index is 5.68. The van der Waals surface area contributed by atoms with Gasteiger partial charge in [-0.3, -0.25) is 0 Å². The van der Waals surface area contributed by atoms with Crippen LogP contribution < -0.4 is 15.4 Å². The molecule has 0 fully saturated rings. The Labute approximate surface area is 114 Å². The van der Waals surface area contributed by atoms with Crippen LogP contribution in [0.15, 0.2) is 54.6 Å². The van der Waals surface area contributed by atoms with Crippen molar-refractivity contribution in [2.75, 3.05) is 25.1 Å². The summed E-state index contributed by atoms with van der Waals surface area (Å²) in [6.45, 7) is 2.09. The first-order chi connectivity index (χ1) is 9.29. The molecule has 2 rings (SSSR count). The van der Waals surface area contributed by atoms with Gasteiger partial charge in [0.15, 0.2) is 0 Å². The SMILES string of the molecule is CN(CCOc1ccccc1)c1ccc(CN)cc1. The van der Waals surface area contributed by atoms with Gasteiger partial charge in [0, 0.05) is 19.3 Å². The van der Waals surface area contributed by atoms with E-state index >= 15 is 0 Å². The average molecular weight is 256 g/mol. The largest absolute Gasteiger partial charge is 0.492 e. The summed E-state index contributed by atoms with van der Waals surface area (Å²) in [5.74, 6) is 0.911. The quantitative estimate of drug-likeness (QED) is 0.863. The van der Waals surface area contributed by atoms with E-state index in [-0.39, 0.29) is 0 Å². The van der Waals surface area contributed by atoms with Crippen LogP contribution in [-0.4, -0.2) is 20.2 Å². The minimum Gasteiger partial charge on any atom is -0.492 e. The summed E-state index contributed by atoms with van der Waals surface area (Å²) in [6.07, 6.45) is 0. The monoisotopic (exact) mass is 256 g/mol. The van der Waals surface area contributed by atoms with Crippen LogP contribution in [0.2, 0.25) is 0 Å². The van der Waals surface area contributed by atoms with Gasteiger partial charge in [0.2, 0.25) is 0 Å². The van der Waals surface area contributed by atoms with Crippen molar-refractivity contribution in [3.05, 3.63) is 60.2 Å². The molecular formula is C16H20N2O. The number of rotatable bonds is 6.